The molecule has 4 heteroatoms. The highest BCUT2D eigenvalue weighted by molar-refractivity contribution is 5.95. The average molecular weight is 271 g/mol. The van der Waals surface area contributed by atoms with Crippen LogP contribution in [0.25, 0.3) is 5.69 Å². The van der Waals surface area contributed by atoms with Crippen LogP contribution in [0.15, 0.2) is 36.5 Å². The molecule has 4 nitrogen and oxygen atoms in total. The summed E-state index contributed by atoms with van der Waals surface area (Å²) in [5.74, 6) is -0.0432. The SMILES string of the molecule is CCC(CC)NC(=O)c1cnn(-c2ccccc2)c1C. The summed E-state index contributed by atoms with van der Waals surface area (Å²) in [6.07, 6.45) is 3.52. The Balaban J connectivity index is 2.23. The molecule has 0 atom stereocenters. The first-order valence-corrected chi connectivity index (χ1v) is 7.08. The summed E-state index contributed by atoms with van der Waals surface area (Å²) in [5.41, 5.74) is 2.46. The molecule has 0 aliphatic heterocycles. The van der Waals surface area contributed by atoms with Gasteiger partial charge in [-0.25, -0.2) is 4.68 Å². The molecule has 2 rings (SSSR count). The number of rotatable bonds is 5. The molecule has 0 aliphatic carbocycles. The van der Waals surface area contributed by atoms with E-state index in [1.165, 1.54) is 0 Å². The summed E-state index contributed by atoms with van der Waals surface area (Å²) in [5, 5.41) is 7.37. The van der Waals surface area contributed by atoms with E-state index in [2.05, 4.69) is 24.3 Å². The van der Waals surface area contributed by atoms with Crippen molar-refractivity contribution in [1.29, 1.82) is 0 Å². The van der Waals surface area contributed by atoms with Crippen LogP contribution in [0.4, 0.5) is 0 Å². The molecule has 0 spiro atoms. The zero-order chi connectivity index (χ0) is 14.5. The molecule has 20 heavy (non-hydrogen) atoms. The van der Waals surface area contributed by atoms with Gasteiger partial charge < -0.3 is 5.32 Å². The van der Waals surface area contributed by atoms with E-state index < -0.39 is 0 Å². The standard InChI is InChI=1S/C16H21N3O/c1-4-13(5-2)18-16(20)15-11-17-19(12(15)3)14-9-7-6-8-10-14/h6-11,13H,4-5H2,1-3H3,(H,18,20). The van der Waals surface area contributed by atoms with Crippen molar-refractivity contribution >= 4 is 5.91 Å². The fourth-order valence-electron chi connectivity index (χ4n) is 2.22. The van der Waals surface area contributed by atoms with Gasteiger partial charge in [0.25, 0.3) is 5.91 Å². The van der Waals surface area contributed by atoms with Gasteiger partial charge in [-0.1, -0.05) is 32.0 Å². The van der Waals surface area contributed by atoms with Crippen LogP contribution in [0, 0.1) is 6.92 Å². The molecule has 0 radical (unpaired) electrons. The monoisotopic (exact) mass is 271 g/mol. The van der Waals surface area contributed by atoms with Gasteiger partial charge >= 0.3 is 0 Å². The number of hydrogen-bond donors (Lipinski definition) is 1. The van der Waals surface area contributed by atoms with Gasteiger partial charge in [0.1, 0.15) is 0 Å². The summed E-state index contributed by atoms with van der Waals surface area (Å²) in [4.78, 5) is 12.3. The number of amides is 1. The molecule has 0 saturated heterocycles. The molecule has 0 aliphatic rings. The van der Waals surface area contributed by atoms with Crippen LogP contribution >= 0.6 is 0 Å². The number of hydrogen-bond acceptors (Lipinski definition) is 2. The van der Waals surface area contributed by atoms with E-state index in [0.29, 0.717) is 5.56 Å². The Morgan fingerprint density at radius 3 is 2.50 bits per heavy atom. The first-order chi connectivity index (χ1) is 9.67. The largest absolute Gasteiger partial charge is 0.349 e. The molecule has 0 bridgehead atoms. The summed E-state index contributed by atoms with van der Waals surface area (Å²) in [7, 11) is 0. The maximum atomic E-state index is 12.3. The van der Waals surface area contributed by atoms with Crippen molar-refractivity contribution in [2.24, 2.45) is 0 Å². The Hall–Kier alpha value is -2.10. The second-order valence-electron chi connectivity index (χ2n) is 4.88. The Labute approximate surface area is 119 Å². The summed E-state index contributed by atoms with van der Waals surface area (Å²) in [6, 6.07) is 10.1. The molecule has 2 aromatic rings. The van der Waals surface area contributed by atoms with E-state index in [1.807, 2.05) is 37.3 Å². The van der Waals surface area contributed by atoms with E-state index in [9.17, 15) is 4.79 Å². The van der Waals surface area contributed by atoms with Crippen molar-refractivity contribution in [3.05, 3.63) is 47.8 Å². The fraction of sp³-hybridized carbons (Fsp3) is 0.375. The van der Waals surface area contributed by atoms with Gasteiger partial charge in [0.2, 0.25) is 0 Å². The van der Waals surface area contributed by atoms with Crippen LogP contribution in [-0.4, -0.2) is 21.7 Å². The van der Waals surface area contributed by atoms with Crippen molar-refractivity contribution in [3.63, 3.8) is 0 Å². The fourth-order valence-corrected chi connectivity index (χ4v) is 2.22. The van der Waals surface area contributed by atoms with Crippen LogP contribution < -0.4 is 5.32 Å². The highest BCUT2D eigenvalue weighted by Crippen LogP contribution is 2.14. The van der Waals surface area contributed by atoms with E-state index in [-0.39, 0.29) is 11.9 Å². The van der Waals surface area contributed by atoms with Crippen molar-refractivity contribution in [2.45, 2.75) is 39.7 Å². The van der Waals surface area contributed by atoms with E-state index in [1.54, 1.807) is 10.9 Å². The van der Waals surface area contributed by atoms with Crippen LogP contribution in [0.1, 0.15) is 42.7 Å². The quantitative estimate of drug-likeness (QED) is 0.908. The van der Waals surface area contributed by atoms with Gasteiger partial charge in [-0.2, -0.15) is 5.10 Å². The maximum Gasteiger partial charge on any atom is 0.254 e. The first-order valence-electron chi connectivity index (χ1n) is 7.08. The van der Waals surface area contributed by atoms with E-state index >= 15 is 0 Å². The number of para-hydroxylation sites is 1. The number of carbonyl (C=O) groups is 1. The lowest BCUT2D eigenvalue weighted by atomic mass is 10.1. The van der Waals surface area contributed by atoms with Gasteiger partial charge in [0.05, 0.1) is 23.1 Å². The second-order valence-corrected chi connectivity index (χ2v) is 4.88. The molecular weight excluding hydrogens is 250 g/mol. The Morgan fingerprint density at radius 2 is 1.90 bits per heavy atom. The molecule has 1 heterocycles. The van der Waals surface area contributed by atoms with Crippen LogP contribution in [0.5, 0.6) is 0 Å². The van der Waals surface area contributed by atoms with Crippen molar-refractivity contribution in [2.75, 3.05) is 0 Å². The minimum Gasteiger partial charge on any atom is -0.349 e. The third-order valence-corrected chi connectivity index (χ3v) is 3.58. The molecule has 1 aromatic heterocycles. The van der Waals surface area contributed by atoms with E-state index in [4.69, 9.17) is 0 Å². The third kappa shape index (κ3) is 2.90. The van der Waals surface area contributed by atoms with Crippen LogP contribution in [0.3, 0.4) is 0 Å². The number of nitrogens with one attached hydrogen (secondary N) is 1. The Kier molecular flexibility index (Phi) is 4.56. The molecule has 106 valence electrons. The van der Waals surface area contributed by atoms with Gasteiger partial charge in [0.15, 0.2) is 0 Å². The lowest BCUT2D eigenvalue weighted by Gasteiger charge is -2.14. The minimum atomic E-state index is -0.0432. The molecule has 1 N–H and O–H groups in total. The zero-order valence-electron chi connectivity index (χ0n) is 12.3. The molecule has 0 fully saturated rings. The lowest BCUT2D eigenvalue weighted by molar-refractivity contribution is 0.0934. The first kappa shape index (κ1) is 14.3. The van der Waals surface area contributed by atoms with Crippen molar-refractivity contribution in [3.8, 4) is 5.69 Å². The van der Waals surface area contributed by atoms with Crippen LogP contribution in [-0.2, 0) is 0 Å². The molecule has 0 saturated carbocycles. The van der Waals surface area contributed by atoms with Gasteiger partial charge in [-0.05, 0) is 31.9 Å². The highest BCUT2D eigenvalue weighted by atomic mass is 16.1. The molecule has 1 amide bonds. The smallest absolute Gasteiger partial charge is 0.254 e. The summed E-state index contributed by atoms with van der Waals surface area (Å²) < 4.78 is 1.79. The van der Waals surface area contributed by atoms with Crippen LogP contribution in [0.2, 0.25) is 0 Å². The Bertz CT molecular complexity index is 571. The summed E-state index contributed by atoms with van der Waals surface area (Å²) >= 11 is 0. The molecule has 1 aromatic carbocycles. The van der Waals surface area contributed by atoms with Crippen molar-refractivity contribution < 1.29 is 4.79 Å². The van der Waals surface area contributed by atoms with Gasteiger partial charge in [0, 0.05) is 6.04 Å². The van der Waals surface area contributed by atoms with Gasteiger partial charge in [-0.3, -0.25) is 4.79 Å². The molecular formula is C16H21N3O. The average Bonchev–Trinajstić information content (AvgIpc) is 2.87. The maximum absolute atomic E-state index is 12.3. The second kappa shape index (κ2) is 6.37. The predicted molar refractivity (Wildman–Crippen MR) is 80.1 cm³/mol. The number of nitrogens with zero attached hydrogens (tertiary/aromatic N) is 2. The number of aromatic nitrogens is 2. The zero-order valence-corrected chi connectivity index (χ0v) is 12.3. The normalized spacial score (nSPS) is 10.8. The van der Waals surface area contributed by atoms with Crippen molar-refractivity contribution in [1.82, 2.24) is 15.1 Å². The third-order valence-electron chi connectivity index (χ3n) is 3.58. The van der Waals surface area contributed by atoms with Gasteiger partial charge in [-0.15, -0.1) is 0 Å². The topological polar surface area (TPSA) is 46.9 Å². The minimum absolute atomic E-state index is 0.0432. The number of carbonyl (C=O) groups excluding carboxylic acids is 1. The lowest BCUT2D eigenvalue weighted by Crippen LogP contribution is -2.34. The predicted octanol–water partition coefficient (Wildman–Crippen LogP) is 3.10. The Morgan fingerprint density at radius 1 is 1.25 bits per heavy atom. The highest BCUT2D eigenvalue weighted by Gasteiger charge is 2.17. The van der Waals surface area contributed by atoms with E-state index in [0.717, 1.165) is 24.2 Å². The molecule has 0 unspecified atom stereocenters. The summed E-state index contributed by atoms with van der Waals surface area (Å²) in [6.45, 7) is 6.07. The number of benzene rings is 1.